The Morgan fingerprint density at radius 2 is 2.29 bits per heavy atom. The quantitative estimate of drug-likeness (QED) is 0.642. The third kappa shape index (κ3) is 2.91. The van der Waals surface area contributed by atoms with Gasteiger partial charge in [0.25, 0.3) is 0 Å². The molecule has 0 saturated heterocycles. The van der Waals surface area contributed by atoms with Crippen molar-refractivity contribution in [1.82, 2.24) is 0 Å². The summed E-state index contributed by atoms with van der Waals surface area (Å²) < 4.78 is 5.56. The van der Waals surface area contributed by atoms with Crippen LogP contribution in [0.3, 0.4) is 0 Å². The van der Waals surface area contributed by atoms with Crippen LogP contribution >= 0.6 is 0 Å². The second kappa shape index (κ2) is 5.48. The fraction of sp³-hybridized carbons (Fsp3) is 0.385. The van der Waals surface area contributed by atoms with Crippen molar-refractivity contribution < 1.29 is 4.74 Å². The Hall–Kier alpha value is -1.24. The van der Waals surface area contributed by atoms with Gasteiger partial charge in [-0.3, -0.25) is 0 Å². The highest BCUT2D eigenvalue weighted by atomic mass is 16.5. The van der Waals surface area contributed by atoms with Crippen LogP contribution in [0.2, 0.25) is 0 Å². The maximum Gasteiger partial charge on any atom is 0.119 e. The first-order valence-corrected chi connectivity index (χ1v) is 5.13. The van der Waals surface area contributed by atoms with Crippen molar-refractivity contribution in [3.05, 3.63) is 42.5 Å². The van der Waals surface area contributed by atoms with Gasteiger partial charge in [0.05, 0.1) is 6.61 Å². The van der Waals surface area contributed by atoms with Gasteiger partial charge in [0, 0.05) is 0 Å². The Bertz CT molecular complexity index is 291. The van der Waals surface area contributed by atoms with E-state index in [1.165, 1.54) is 5.56 Å². The third-order valence-corrected chi connectivity index (χ3v) is 2.21. The minimum atomic E-state index is 0.389. The molecule has 0 bridgehead atoms. The van der Waals surface area contributed by atoms with Gasteiger partial charge in [-0.25, -0.2) is 0 Å². The van der Waals surface area contributed by atoms with Gasteiger partial charge in [-0.05, 0) is 30.0 Å². The molecule has 1 heteroatoms. The molecule has 76 valence electrons. The molecule has 0 N–H and O–H groups in total. The zero-order valence-electron chi connectivity index (χ0n) is 8.99. The number of hydrogen-bond acceptors (Lipinski definition) is 1. The van der Waals surface area contributed by atoms with E-state index < -0.39 is 0 Å². The Labute approximate surface area is 86.4 Å². The summed E-state index contributed by atoms with van der Waals surface area (Å²) in [4.78, 5) is 0. The molecule has 1 aromatic rings. The van der Waals surface area contributed by atoms with Crippen LogP contribution in [0.5, 0.6) is 5.75 Å². The standard InChI is InChI=1S/C13H18O/c1-4-9-14-13-8-6-7-12(10-13)11(3)5-2/h5-8,10-11H,2,4,9H2,1,3H3. The minimum absolute atomic E-state index is 0.389. The predicted octanol–water partition coefficient (Wildman–Crippen LogP) is 3.76. The maximum atomic E-state index is 5.56. The van der Waals surface area contributed by atoms with Crippen LogP contribution in [0.25, 0.3) is 0 Å². The predicted molar refractivity (Wildman–Crippen MR) is 60.8 cm³/mol. The largest absolute Gasteiger partial charge is 0.494 e. The number of hydrogen-bond donors (Lipinski definition) is 0. The van der Waals surface area contributed by atoms with E-state index in [-0.39, 0.29) is 0 Å². The van der Waals surface area contributed by atoms with Gasteiger partial charge >= 0.3 is 0 Å². The molecule has 0 aromatic heterocycles. The van der Waals surface area contributed by atoms with Crippen molar-refractivity contribution in [2.75, 3.05) is 6.61 Å². The lowest BCUT2D eigenvalue weighted by molar-refractivity contribution is 0.317. The van der Waals surface area contributed by atoms with E-state index in [9.17, 15) is 0 Å². The summed E-state index contributed by atoms with van der Waals surface area (Å²) in [6, 6.07) is 8.21. The van der Waals surface area contributed by atoms with Gasteiger partial charge in [0.15, 0.2) is 0 Å². The van der Waals surface area contributed by atoms with Crippen LogP contribution in [-0.4, -0.2) is 6.61 Å². The number of rotatable bonds is 5. The number of ether oxygens (including phenoxy) is 1. The summed E-state index contributed by atoms with van der Waals surface area (Å²) in [5.74, 6) is 1.35. The molecule has 1 rings (SSSR count). The first kappa shape index (κ1) is 10.8. The molecule has 1 unspecified atom stereocenters. The van der Waals surface area contributed by atoms with E-state index >= 15 is 0 Å². The van der Waals surface area contributed by atoms with E-state index in [1.807, 2.05) is 18.2 Å². The molecule has 0 heterocycles. The lowest BCUT2D eigenvalue weighted by Crippen LogP contribution is -1.96. The van der Waals surface area contributed by atoms with Crippen LogP contribution in [0.4, 0.5) is 0 Å². The molecule has 0 aliphatic rings. The van der Waals surface area contributed by atoms with Gasteiger partial charge in [-0.15, -0.1) is 6.58 Å². The van der Waals surface area contributed by atoms with E-state index in [1.54, 1.807) is 0 Å². The first-order valence-electron chi connectivity index (χ1n) is 5.13. The van der Waals surface area contributed by atoms with Crippen LogP contribution in [0, 0.1) is 0 Å². The fourth-order valence-electron chi connectivity index (χ4n) is 1.24. The second-order valence-electron chi connectivity index (χ2n) is 3.45. The molecular formula is C13H18O. The molecule has 1 aromatic carbocycles. The molecule has 14 heavy (non-hydrogen) atoms. The molecule has 0 amide bonds. The van der Waals surface area contributed by atoms with E-state index in [0.717, 1.165) is 18.8 Å². The second-order valence-corrected chi connectivity index (χ2v) is 3.45. The van der Waals surface area contributed by atoms with Crippen molar-refractivity contribution >= 4 is 0 Å². The molecule has 0 spiro atoms. The topological polar surface area (TPSA) is 9.23 Å². The highest BCUT2D eigenvalue weighted by molar-refractivity contribution is 5.32. The van der Waals surface area contributed by atoms with Gasteiger partial charge in [0.2, 0.25) is 0 Å². The third-order valence-electron chi connectivity index (χ3n) is 2.21. The molecule has 0 radical (unpaired) electrons. The number of benzene rings is 1. The van der Waals surface area contributed by atoms with Crippen molar-refractivity contribution in [1.29, 1.82) is 0 Å². The van der Waals surface area contributed by atoms with Crippen molar-refractivity contribution in [3.63, 3.8) is 0 Å². The minimum Gasteiger partial charge on any atom is -0.494 e. The lowest BCUT2D eigenvalue weighted by Gasteiger charge is -2.09. The lowest BCUT2D eigenvalue weighted by atomic mass is 10.0. The molecule has 1 atom stereocenters. The van der Waals surface area contributed by atoms with Crippen molar-refractivity contribution in [2.24, 2.45) is 0 Å². The SMILES string of the molecule is C=CC(C)c1cccc(OCCC)c1. The monoisotopic (exact) mass is 190 g/mol. The molecule has 0 fully saturated rings. The molecule has 0 aliphatic heterocycles. The molecule has 0 aliphatic carbocycles. The molecule has 1 nitrogen and oxygen atoms in total. The van der Waals surface area contributed by atoms with Crippen LogP contribution in [0.15, 0.2) is 36.9 Å². The van der Waals surface area contributed by atoms with Crippen LogP contribution < -0.4 is 4.74 Å². The number of allylic oxidation sites excluding steroid dienone is 1. The maximum absolute atomic E-state index is 5.56. The van der Waals surface area contributed by atoms with Crippen LogP contribution in [-0.2, 0) is 0 Å². The van der Waals surface area contributed by atoms with Gasteiger partial charge < -0.3 is 4.74 Å². The summed E-state index contributed by atoms with van der Waals surface area (Å²) >= 11 is 0. The smallest absolute Gasteiger partial charge is 0.119 e. The average molecular weight is 190 g/mol. The Balaban J connectivity index is 2.73. The Kier molecular flexibility index (Phi) is 4.24. The normalized spacial score (nSPS) is 12.1. The summed E-state index contributed by atoms with van der Waals surface area (Å²) in [6.07, 6.45) is 2.99. The van der Waals surface area contributed by atoms with E-state index in [0.29, 0.717) is 5.92 Å². The summed E-state index contributed by atoms with van der Waals surface area (Å²) in [7, 11) is 0. The Morgan fingerprint density at radius 3 is 2.93 bits per heavy atom. The van der Waals surface area contributed by atoms with Crippen molar-refractivity contribution in [3.8, 4) is 5.75 Å². The van der Waals surface area contributed by atoms with Gasteiger partial charge in [0.1, 0.15) is 5.75 Å². The fourth-order valence-corrected chi connectivity index (χ4v) is 1.24. The highest BCUT2D eigenvalue weighted by Crippen LogP contribution is 2.21. The first-order chi connectivity index (χ1) is 6.77. The summed E-state index contributed by atoms with van der Waals surface area (Å²) in [5, 5.41) is 0. The van der Waals surface area contributed by atoms with Crippen LogP contribution in [0.1, 0.15) is 31.7 Å². The summed E-state index contributed by atoms with van der Waals surface area (Å²) in [5.41, 5.74) is 1.26. The van der Waals surface area contributed by atoms with E-state index in [2.05, 4.69) is 32.6 Å². The zero-order chi connectivity index (χ0) is 10.4. The Morgan fingerprint density at radius 1 is 1.50 bits per heavy atom. The van der Waals surface area contributed by atoms with Crippen molar-refractivity contribution in [2.45, 2.75) is 26.2 Å². The van der Waals surface area contributed by atoms with E-state index in [4.69, 9.17) is 4.74 Å². The zero-order valence-corrected chi connectivity index (χ0v) is 8.99. The van der Waals surface area contributed by atoms with Gasteiger partial charge in [-0.2, -0.15) is 0 Å². The molecular weight excluding hydrogens is 172 g/mol. The highest BCUT2D eigenvalue weighted by Gasteiger charge is 2.01. The molecule has 0 saturated carbocycles. The summed E-state index contributed by atoms with van der Waals surface area (Å²) in [6.45, 7) is 8.81. The average Bonchev–Trinajstić information content (AvgIpc) is 2.25. The van der Waals surface area contributed by atoms with Gasteiger partial charge in [-0.1, -0.05) is 32.1 Å².